The Kier molecular flexibility index (Phi) is 6.93. The minimum absolute atomic E-state index is 0.127. The monoisotopic (exact) mass is 443 g/mol. The van der Waals surface area contributed by atoms with Gasteiger partial charge in [-0.05, 0) is 58.0 Å². The Bertz CT molecular complexity index is 926. The van der Waals surface area contributed by atoms with Crippen LogP contribution in [0.15, 0.2) is 12.4 Å². The van der Waals surface area contributed by atoms with Crippen LogP contribution in [0.25, 0.3) is 4.85 Å². The Morgan fingerprint density at radius 2 is 1.97 bits per heavy atom. The van der Waals surface area contributed by atoms with Crippen molar-refractivity contribution in [2.24, 2.45) is 11.8 Å². The van der Waals surface area contributed by atoms with E-state index in [-0.39, 0.29) is 6.04 Å². The van der Waals surface area contributed by atoms with Crippen LogP contribution < -0.4 is 15.4 Å². The zero-order valence-corrected chi connectivity index (χ0v) is 18.9. The molecule has 2 saturated carbocycles. The minimum Gasteiger partial charge on any atom is -0.476 e. The first-order chi connectivity index (χ1) is 15.1. The number of ether oxygens (including phenoxy) is 1. The van der Waals surface area contributed by atoms with E-state index in [1.807, 2.05) is 18.7 Å². The summed E-state index contributed by atoms with van der Waals surface area (Å²) in [5.74, 6) is 2.17. The van der Waals surface area contributed by atoms with E-state index < -0.39 is 0 Å². The maximum absolute atomic E-state index is 7.12. The van der Waals surface area contributed by atoms with Gasteiger partial charge < -0.3 is 20.2 Å². The highest BCUT2D eigenvalue weighted by atomic mass is 35.5. The molecule has 0 atom stereocenters. The van der Waals surface area contributed by atoms with E-state index in [9.17, 15) is 0 Å². The molecule has 4 rings (SSSR count). The standard InChI is InChI=1S/C22H30ClN7O/c1-14-20(12-27-30(14)18-8-17(9-18)25-3)28-22-26-11-19(23)21(29-22)31-13-16-6-4-15(5-7-16)10-24-2/h11-12,15-18,24H,4-10,13H2,1-2H3,(H,26,28,29). The van der Waals surface area contributed by atoms with Gasteiger partial charge in [-0.2, -0.15) is 10.1 Å². The minimum atomic E-state index is 0.127. The molecule has 0 aromatic carbocycles. The van der Waals surface area contributed by atoms with Crippen molar-refractivity contribution in [3.63, 3.8) is 0 Å². The van der Waals surface area contributed by atoms with Crippen LogP contribution >= 0.6 is 11.6 Å². The summed E-state index contributed by atoms with van der Waals surface area (Å²) in [4.78, 5) is 12.4. The largest absolute Gasteiger partial charge is 0.476 e. The molecule has 0 aliphatic heterocycles. The van der Waals surface area contributed by atoms with Gasteiger partial charge >= 0.3 is 0 Å². The van der Waals surface area contributed by atoms with E-state index in [1.165, 1.54) is 25.7 Å². The Labute approximate surface area is 188 Å². The van der Waals surface area contributed by atoms with E-state index in [0.717, 1.165) is 36.7 Å². The number of halogens is 1. The van der Waals surface area contributed by atoms with Gasteiger partial charge in [0.15, 0.2) is 0 Å². The zero-order valence-electron chi connectivity index (χ0n) is 18.1. The number of rotatable bonds is 8. The topological polar surface area (TPSA) is 81.2 Å². The second-order valence-corrected chi connectivity index (χ2v) is 9.13. The summed E-state index contributed by atoms with van der Waals surface area (Å²) in [6.45, 7) is 10.9. The SMILES string of the molecule is [C-]#[N+]C1CC(n2ncc(Nc3ncc(Cl)c(OCC4CCC(CNC)CC4)n3)c2C)C1. The molecule has 2 aliphatic rings. The zero-order chi connectivity index (χ0) is 21.8. The fourth-order valence-electron chi connectivity index (χ4n) is 4.50. The van der Waals surface area contributed by atoms with Crippen molar-refractivity contribution in [3.8, 4) is 5.88 Å². The van der Waals surface area contributed by atoms with Gasteiger partial charge in [0, 0.05) is 12.8 Å². The van der Waals surface area contributed by atoms with Gasteiger partial charge in [0.05, 0.1) is 36.4 Å². The predicted molar refractivity (Wildman–Crippen MR) is 121 cm³/mol. The van der Waals surface area contributed by atoms with E-state index in [0.29, 0.717) is 35.4 Å². The molecule has 0 radical (unpaired) electrons. The fourth-order valence-corrected chi connectivity index (χ4v) is 4.65. The van der Waals surface area contributed by atoms with Gasteiger partial charge in [0.2, 0.25) is 17.9 Å². The number of nitrogens with zero attached hydrogens (tertiary/aromatic N) is 5. The van der Waals surface area contributed by atoms with Crippen LogP contribution in [0.3, 0.4) is 0 Å². The quantitative estimate of drug-likeness (QED) is 0.588. The summed E-state index contributed by atoms with van der Waals surface area (Å²) >= 11 is 6.29. The third-order valence-corrected chi connectivity index (χ3v) is 6.79. The number of anilines is 2. The number of hydrogen-bond acceptors (Lipinski definition) is 6. The third-order valence-electron chi connectivity index (χ3n) is 6.53. The van der Waals surface area contributed by atoms with Gasteiger partial charge in [-0.25, -0.2) is 11.6 Å². The Balaban J connectivity index is 1.34. The normalized spacial score (nSPS) is 25.5. The van der Waals surface area contributed by atoms with Crippen LogP contribution in [0.2, 0.25) is 5.02 Å². The molecule has 0 saturated heterocycles. The van der Waals surface area contributed by atoms with E-state index in [2.05, 4.69) is 30.5 Å². The molecule has 2 fully saturated rings. The first-order valence-corrected chi connectivity index (χ1v) is 11.4. The number of aromatic nitrogens is 4. The Morgan fingerprint density at radius 1 is 1.23 bits per heavy atom. The van der Waals surface area contributed by atoms with Gasteiger partial charge in [-0.1, -0.05) is 11.6 Å². The van der Waals surface area contributed by atoms with Gasteiger partial charge in [0.1, 0.15) is 5.02 Å². The van der Waals surface area contributed by atoms with Crippen LogP contribution in [0.4, 0.5) is 11.6 Å². The van der Waals surface area contributed by atoms with Crippen molar-refractivity contribution in [3.05, 3.63) is 34.5 Å². The lowest BCUT2D eigenvalue weighted by Gasteiger charge is -2.28. The second-order valence-electron chi connectivity index (χ2n) is 8.72. The number of nitrogens with one attached hydrogen (secondary N) is 2. The Morgan fingerprint density at radius 3 is 2.68 bits per heavy atom. The smallest absolute Gasteiger partial charge is 0.237 e. The molecule has 8 nitrogen and oxygen atoms in total. The van der Waals surface area contributed by atoms with Crippen molar-refractivity contribution in [1.29, 1.82) is 0 Å². The van der Waals surface area contributed by atoms with Crippen LogP contribution in [-0.2, 0) is 0 Å². The highest BCUT2D eigenvalue weighted by Gasteiger charge is 2.36. The summed E-state index contributed by atoms with van der Waals surface area (Å²) in [6.07, 6.45) is 9.89. The summed E-state index contributed by atoms with van der Waals surface area (Å²) in [6, 6.07) is 0.422. The maximum Gasteiger partial charge on any atom is 0.237 e. The Hall–Kier alpha value is -2.37. The molecule has 2 aromatic rings. The fraction of sp³-hybridized carbons (Fsp3) is 0.636. The third kappa shape index (κ3) is 5.10. The average Bonchev–Trinajstić information content (AvgIpc) is 3.09. The lowest BCUT2D eigenvalue weighted by molar-refractivity contribution is 0.178. The molecule has 2 aromatic heterocycles. The molecule has 9 heteroatoms. The molecule has 166 valence electrons. The lowest BCUT2D eigenvalue weighted by Crippen LogP contribution is -2.30. The van der Waals surface area contributed by atoms with Gasteiger partial charge in [0.25, 0.3) is 0 Å². The summed E-state index contributed by atoms with van der Waals surface area (Å²) in [5.41, 5.74) is 1.86. The first kappa shape index (κ1) is 21.8. The lowest BCUT2D eigenvalue weighted by atomic mass is 9.82. The van der Waals surface area contributed by atoms with Crippen molar-refractivity contribution < 1.29 is 4.74 Å². The first-order valence-electron chi connectivity index (χ1n) is 11.0. The molecule has 2 N–H and O–H groups in total. The molecular weight excluding hydrogens is 414 g/mol. The van der Waals surface area contributed by atoms with E-state index >= 15 is 0 Å². The highest BCUT2D eigenvalue weighted by molar-refractivity contribution is 6.31. The van der Waals surface area contributed by atoms with Crippen LogP contribution in [0.1, 0.15) is 50.3 Å². The number of hydrogen-bond donors (Lipinski definition) is 2. The molecule has 0 unspecified atom stereocenters. The molecule has 0 amide bonds. The highest BCUT2D eigenvalue weighted by Crippen LogP contribution is 2.36. The molecule has 0 bridgehead atoms. The maximum atomic E-state index is 7.12. The summed E-state index contributed by atoms with van der Waals surface area (Å²) < 4.78 is 7.97. The molecule has 31 heavy (non-hydrogen) atoms. The van der Waals surface area contributed by atoms with Crippen molar-refractivity contribution in [2.45, 2.75) is 57.5 Å². The molecule has 2 aliphatic carbocycles. The molecular formula is C22H30ClN7O. The van der Waals surface area contributed by atoms with Crippen molar-refractivity contribution in [1.82, 2.24) is 25.1 Å². The predicted octanol–water partition coefficient (Wildman–Crippen LogP) is 4.41. The van der Waals surface area contributed by atoms with Crippen LogP contribution in [0.5, 0.6) is 5.88 Å². The van der Waals surface area contributed by atoms with Crippen LogP contribution in [0, 0.1) is 25.3 Å². The molecule has 0 spiro atoms. The van der Waals surface area contributed by atoms with Gasteiger partial charge in [-0.3, -0.25) is 4.68 Å². The van der Waals surface area contributed by atoms with Crippen molar-refractivity contribution >= 4 is 23.2 Å². The van der Waals surface area contributed by atoms with E-state index in [4.69, 9.17) is 22.9 Å². The molecule has 2 heterocycles. The van der Waals surface area contributed by atoms with Crippen LogP contribution in [-0.4, -0.2) is 46.0 Å². The summed E-state index contributed by atoms with van der Waals surface area (Å²) in [5, 5.41) is 11.4. The van der Waals surface area contributed by atoms with Crippen molar-refractivity contribution in [2.75, 3.05) is 25.5 Å². The summed E-state index contributed by atoms with van der Waals surface area (Å²) in [7, 11) is 2.02. The average molecular weight is 444 g/mol. The second kappa shape index (κ2) is 9.84. The van der Waals surface area contributed by atoms with Gasteiger partial charge in [-0.15, -0.1) is 0 Å². The van der Waals surface area contributed by atoms with E-state index in [1.54, 1.807) is 12.4 Å².